The van der Waals surface area contributed by atoms with Crippen LogP contribution in [0.25, 0.3) is 16.6 Å². The van der Waals surface area contributed by atoms with E-state index in [0.29, 0.717) is 31.9 Å². The predicted octanol–water partition coefficient (Wildman–Crippen LogP) is 3.98. The first-order valence-electron chi connectivity index (χ1n) is 9.61. The van der Waals surface area contributed by atoms with Crippen molar-refractivity contribution in [3.63, 3.8) is 0 Å². The number of carbonyl (C=O) groups is 1. The van der Waals surface area contributed by atoms with Gasteiger partial charge in [-0.1, -0.05) is 18.2 Å². The van der Waals surface area contributed by atoms with Gasteiger partial charge in [-0.2, -0.15) is 0 Å². The van der Waals surface area contributed by atoms with Gasteiger partial charge in [0.05, 0.1) is 16.6 Å². The molecule has 1 N–H and O–H groups in total. The summed E-state index contributed by atoms with van der Waals surface area (Å²) in [6, 6.07) is 17.9. The molecule has 5 rings (SSSR count). The van der Waals surface area contributed by atoms with E-state index in [-0.39, 0.29) is 11.8 Å². The van der Waals surface area contributed by atoms with Crippen molar-refractivity contribution in [2.24, 2.45) is 0 Å². The van der Waals surface area contributed by atoms with E-state index in [4.69, 9.17) is 4.98 Å². The number of urea groups is 1. The first-order chi connectivity index (χ1) is 14.2. The monoisotopic (exact) mass is 389 g/mol. The van der Waals surface area contributed by atoms with Gasteiger partial charge in [0.15, 0.2) is 5.82 Å². The van der Waals surface area contributed by atoms with E-state index in [1.807, 2.05) is 30.5 Å². The summed E-state index contributed by atoms with van der Waals surface area (Å²) in [6.45, 7) is 2.51. The lowest BCUT2D eigenvalue weighted by molar-refractivity contribution is 0.208. The summed E-state index contributed by atoms with van der Waals surface area (Å²) in [5.74, 6) is 0.560. The lowest BCUT2D eigenvalue weighted by atomic mass is 10.2. The van der Waals surface area contributed by atoms with Crippen LogP contribution in [0.2, 0.25) is 0 Å². The number of nitrogens with one attached hydrogen (secondary N) is 1. The maximum absolute atomic E-state index is 13.3. The predicted molar refractivity (Wildman–Crippen MR) is 112 cm³/mol. The highest BCUT2D eigenvalue weighted by Crippen LogP contribution is 2.26. The Morgan fingerprint density at radius 1 is 0.931 bits per heavy atom. The van der Waals surface area contributed by atoms with Crippen molar-refractivity contribution in [3.05, 3.63) is 72.7 Å². The molecular formula is C22H20FN5O. The van der Waals surface area contributed by atoms with Crippen molar-refractivity contribution >= 4 is 34.1 Å². The fraction of sp³-hybridized carbons (Fsp3) is 0.182. The normalized spacial score (nSPS) is 14.5. The highest BCUT2D eigenvalue weighted by Gasteiger charge is 2.24. The maximum atomic E-state index is 13.3. The number of para-hydroxylation sites is 2. The molecule has 0 bridgehead atoms. The van der Waals surface area contributed by atoms with Gasteiger partial charge in [0.2, 0.25) is 0 Å². The average Bonchev–Trinajstić information content (AvgIpc) is 3.24. The molecule has 1 aliphatic heterocycles. The number of hydrogen-bond donors (Lipinski definition) is 1. The van der Waals surface area contributed by atoms with Crippen molar-refractivity contribution in [3.8, 4) is 0 Å². The topological polar surface area (TPSA) is 52.9 Å². The SMILES string of the molecule is O=C(Nc1cccc(F)c1)N1CCN(c2nc3ccccc3n3cccc23)CC1. The number of carbonyl (C=O) groups excluding carboxylic acids is 1. The van der Waals surface area contributed by atoms with Crippen LogP contribution in [0.15, 0.2) is 66.9 Å². The van der Waals surface area contributed by atoms with Crippen LogP contribution in [0.5, 0.6) is 0 Å². The Balaban J connectivity index is 1.34. The third kappa shape index (κ3) is 3.24. The Morgan fingerprint density at radius 3 is 2.55 bits per heavy atom. The number of amides is 2. The number of aromatic nitrogens is 2. The van der Waals surface area contributed by atoms with Gasteiger partial charge < -0.3 is 19.5 Å². The van der Waals surface area contributed by atoms with Gasteiger partial charge in [0, 0.05) is 38.1 Å². The Bertz CT molecular complexity index is 1200. The molecule has 1 saturated heterocycles. The van der Waals surface area contributed by atoms with E-state index in [9.17, 15) is 9.18 Å². The molecule has 2 amide bonds. The highest BCUT2D eigenvalue weighted by atomic mass is 19.1. The standard InChI is InChI=1S/C22H20FN5O/c23-16-5-3-6-17(15-16)24-22(29)27-13-11-26(12-14-27)21-20-9-4-10-28(20)19-8-2-1-7-18(19)25-21/h1-10,15H,11-14H2,(H,24,29). The van der Waals surface area contributed by atoms with Crippen molar-refractivity contribution in [1.29, 1.82) is 0 Å². The number of hydrogen-bond acceptors (Lipinski definition) is 3. The second-order valence-electron chi connectivity index (χ2n) is 7.10. The first-order valence-corrected chi connectivity index (χ1v) is 9.61. The zero-order chi connectivity index (χ0) is 19.8. The fourth-order valence-corrected chi connectivity index (χ4v) is 3.83. The van der Waals surface area contributed by atoms with E-state index < -0.39 is 0 Å². The highest BCUT2D eigenvalue weighted by molar-refractivity contribution is 5.90. The Morgan fingerprint density at radius 2 is 1.72 bits per heavy atom. The maximum Gasteiger partial charge on any atom is 0.321 e. The number of nitrogens with zero attached hydrogens (tertiary/aromatic N) is 4. The van der Waals surface area contributed by atoms with Gasteiger partial charge in [-0.15, -0.1) is 0 Å². The summed E-state index contributed by atoms with van der Waals surface area (Å²) in [5, 5.41) is 2.77. The fourth-order valence-electron chi connectivity index (χ4n) is 3.83. The number of halogens is 1. The van der Waals surface area contributed by atoms with Gasteiger partial charge >= 0.3 is 6.03 Å². The van der Waals surface area contributed by atoms with E-state index in [2.05, 4.69) is 26.8 Å². The molecule has 4 aromatic rings. The van der Waals surface area contributed by atoms with Crippen LogP contribution in [-0.2, 0) is 0 Å². The van der Waals surface area contributed by atoms with E-state index in [0.717, 1.165) is 22.4 Å². The van der Waals surface area contributed by atoms with Crippen LogP contribution in [-0.4, -0.2) is 46.5 Å². The van der Waals surface area contributed by atoms with Crippen LogP contribution in [0, 0.1) is 5.82 Å². The molecule has 0 aliphatic carbocycles. The molecule has 1 fully saturated rings. The molecule has 3 heterocycles. The molecule has 2 aromatic heterocycles. The number of piperazine rings is 1. The number of fused-ring (bicyclic) bond motifs is 3. The molecule has 7 heteroatoms. The zero-order valence-corrected chi connectivity index (χ0v) is 15.8. The lowest BCUT2D eigenvalue weighted by Crippen LogP contribution is -2.50. The first kappa shape index (κ1) is 17.5. The van der Waals surface area contributed by atoms with Gasteiger partial charge in [0.25, 0.3) is 0 Å². The summed E-state index contributed by atoms with van der Waals surface area (Å²) in [7, 11) is 0. The molecule has 29 heavy (non-hydrogen) atoms. The summed E-state index contributed by atoms with van der Waals surface area (Å²) in [6.07, 6.45) is 2.05. The van der Waals surface area contributed by atoms with E-state index in [1.165, 1.54) is 12.1 Å². The van der Waals surface area contributed by atoms with Crippen LogP contribution >= 0.6 is 0 Å². The third-order valence-electron chi connectivity index (χ3n) is 5.29. The van der Waals surface area contributed by atoms with Gasteiger partial charge in [-0.25, -0.2) is 14.2 Å². The third-order valence-corrected chi connectivity index (χ3v) is 5.29. The minimum absolute atomic E-state index is 0.213. The van der Waals surface area contributed by atoms with Crippen molar-refractivity contribution < 1.29 is 9.18 Å². The molecule has 1 aliphatic rings. The quantitative estimate of drug-likeness (QED) is 0.564. The van der Waals surface area contributed by atoms with Crippen LogP contribution in [0.3, 0.4) is 0 Å². The molecule has 2 aromatic carbocycles. The molecule has 0 atom stereocenters. The Labute approximate surface area is 167 Å². The van der Waals surface area contributed by atoms with Gasteiger partial charge in [-0.3, -0.25) is 0 Å². The van der Waals surface area contributed by atoms with Crippen molar-refractivity contribution in [1.82, 2.24) is 14.3 Å². The van der Waals surface area contributed by atoms with E-state index >= 15 is 0 Å². The molecular weight excluding hydrogens is 369 g/mol. The van der Waals surface area contributed by atoms with Crippen molar-refractivity contribution in [2.45, 2.75) is 0 Å². The molecule has 0 unspecified atom stereocenters. The van der Waals surface area contributed by atoms with Crippen LogP contribution in [0.4, 0.5) is 20.7 Å². The smallest absolute Gasteiger partial charge is 0.321 e. The largest absolute Gasteiger partial charge is 0.351 e. The summed E-state index contributed by atoms with van der Waals surface area (Å²) in [5.41, 5.74) is 3.53. The number of anilines is 2. The van der Waals surface area contributed by atoms with Crippen LogP contribution < -0.4 is 10.2 Å². The second-order valence-corrected chi connectivity index (χ2v) is 7.10. The van der Waals surface area contributed by atoms with Gasteiger partial charge in [0.1, 0.15) is 5.82 Å². The molecule has 146 valence electrons. The second kappa shape index (κ2) is 7.09. The zero-order valence-electron chi connectivity index (χ0n) is 15.8. The number of rotatable bonds is 2. The molecule has 0 radical (unpaired) electrons. The van der Waals surface area contributed by atoms with Crippen LogP contribution in [0.1, 0.15) is 0 Å². The van der Waals surface area contributed by atoms with Crippen molar-refractivity contribution in [2.75, 3.05) is 36.4 Å². The number of benzene rings is 2. The average molecular weight is 389 g/mol. The van der Waals surface area contributed by atoms with E-state index in [1.54, 1.807) is 17.0 Å². The Hall–Kier alpha value is -3.61. The molecule has 6 nitrogen and oxygen atoms in total. The Kier molecular flexibility index (Phi) is 4.27. The summed E-state index contributed by atoms with van der Waals surface area (Å²) >= 11 is 0. The lowest BCUT2D eigenvalue weighted by Gasteiger charge is -2.35. The minimum atomic E-state index is -0.369. The summed E-state index contributed by atoms with van der Waals surface area (Å²) in [4.78, 5) is 21.4. The van der Waals surface area contributed by atoms with Gasteiger partial charge in [-0.05, 0) is 42.5 Å². The minimum Gasteiger partial charge on any atom is -0.351 e. The molecule has 0 saturated carbocycles. The molecule has 0 spiro atoms. The summed E-state index contributed by atoms with van der Waals surface area (Å²) < 4.78 is 15.5.